The van der Waals surface area contributed by atoms with Crippen LogP contribution in [0, 0.1) is 28.6 Å². The van der Waals surface area contributed by atoms with Crippen molar-refractivity contribution in [1.29, 1.82) is 0 Å². The van der Waals surface area contributed by atoms with Crippen LogP contribution in [0.4, 0.5) is 0 Å². The largest absolute Gasteiger partial charge is 0.481 e. The van der Waals surface area contributed by atoms with Gasteiger partial charge in [0.05, 0.1) is 5.41 Å². The molecule has 0 heterocycles. The highest BCUT2D eigenvalue weighted by atomic mass is 16.4. The number of carboxylic acids is 1. The van der Waals surface area contributed by atoms with Crippen LogP contribution >= 0.6 is 0 Å². The molecule has 0 amide bonds. The van der Waals surface area contributed by atoms with E-state index in [2.05, 4.69) is 6.58 Å². The van der Waals surface area contributed by atoms with Crippen LogP contribution in [0.1, 0.15) is 51.9 Å². The van der Waals surface area contributed by atoms with Crippen LogP contribution < -0.4 is 0 Å². The maximum Gasteiger partial charge on any atom is 0.310 e. The van der Waals surface area contributed by atoms with Crippen molar-refractivity contribution < 1.29 is 9.90 Å². The third kappa shape index (κ3) is 1.50. The van der Waals surface area contributed by atoms with Crippen LogP contribution in [0.3, 0.4) is 0 Å². The number of rotatable bonds is 4. The third-order valence-corrected chi connectivity index (χ3v) is 6.23. The van der Waals surface area contributed by atoms with Gasteiger partial charge in [-0.2, -0.15) is 0 Å². The molecule has 1 atom stereocenters. The minimum atomic E-state index is -0.607. The molecule has 0 aromatic heterocycles. The molecule has 4 aliphatic rings. The van der Waals surface area contributed by atoms with E-state index in [4.69, 9.17) is 0 Å². The molecule has 4 fully saturated rings. The fourth-order valence-electron chi connectivity index (χ4n) is 5.61. The average Bonchev–Trinajstić information content (AvgIpc) is 2.26. The first-order valence-electron chi connectivity index (χ1n) is 7.33. The third-order valence-electron chi connectivity index (χ3n) is 6.23. The standard InChI is InChI=1S/C16H24O2/c1-3-4-15(2,14(17)18)16-8-11-5-12(9-16)7-13(6-11)10-16/h3,11-13H,1,4-10H2,2H3,(H,17,18). The Bertz CT molecular complexity index is 349. The van der Waals surface area contributed by atoms with Crippen LogP contribution in [0.2, 0.25) is 0 Å². The lowest BCUT2D eigenvalue weighted by atomic mass is 9.42. The van der Waals surface area contributed by atoms with Gasteiger partial charge in [-0.1, -0.05) is 6.08 Å². The van der Waals surface area contributed by atoms with Gasteiger partial charge in [0.25, 0.3) is 0 Å². The highest BCUT2D eigenvalue weighted by Crippen LogP contribution is 2.66. The zero-order valence-electron chi connectivity index (χ0n) is 11.3. The maximum absolute atomic E-state index is 11.9. The van der Waals surface area contributed by atoms with Crippen LogP contribution in [0.5, 0.6) is 0 Å². The van der Waals surface area contributed by atoms with Crippen molar-refractivity contribution in [3.05, 3.63) is 12.7 Å². The van der Waals surface area contributed by atoms with Gasteiger partial charge in [-0.05, 0) is 75.0 Å². The fourth-order valence-corrected chi connectivity index (χ4v) is 5.61. The van der Waals surface area contributed by atoms with Gasteiger partial charge in [-0.25, -0.2) is 0 Å². The summed E-state index contributed by atoms with van der Waals surface area (Å²) in [6.07, 6.45) is 9.97. The molecule has 18 heavy (non-hydrogen) atoms. The predicted octanol–water partition coefficient (Wildman–Crippen LogP) is 3.87. The summed E-state index contributed by atoms with van der Waals surface area (Å²) in [5, 5.41) is 9.78. The summed E-state index contributed by atoms with van der Waals surface area (Å²) < 4.78 is 0. The second kappa shape index (κ2) is 3.85. The second-order valence-corrected chi connectivity index (χ2v) is 7.33. The Morgan fingerprint density at radius 1 is 1.28 bits per heavy atom. The van der Waals surface area contributed by atoms with Crippen LogP contribution in [0.15, 0.2) is 12.7 Å². The van der Waals surface area contributed by atoms with Gasteiger partial charge in [-0.3, -0.25) is 4.79 Å². The number of hydrogen-bond donors (Lipinski definition) is 1. The number of hydrogen-bond acceptors (Lipinski definition) is 1. The zero-order chi connectivity index (χ0) is 13.0. The monoisotopic (exact) mass is 248 g/mol. The molecule has 4 rings (SSSR count). The lowest BCUT2D eigenvalue weighted by Crippen LogP contribution is -2.56. The molecule has 4 bridgehead atoms. The van der Waals surface area contributed by atoms with Crippen molar-refractivity contribution in [3.8, 4) is 0 Å². The van der Waals surface area contributed by atoms with Gasteiger partial charge in [0.1, 0.15) is 0 Å². The van der Waals surface area contributed by atoms with Crippen LogP contribution in [-0.2, 0) is 4.79 Å². The predicted molar refractivity (Wildman–Crippen MR) is 71.2 cm³/mol. The van der Waals surface area contributed by atoms with E-state index in [-0.39, 0.29) is 5.41 Å². The minimum Gasteiger partial charge on any atom is -0.481 e. The second-order valence-electron chi connectivity index (χ2n) is 7.33. The van der Waals surface area contributed by atoms with E-state index in [1.165, 1.54) is 19.3 Å². The molecule has 0 aromatic rings. The Balaban J connectivity index is 1.98. The summed E-state index contributed by atoms with van der Waals surface area (Å²) in [7, 11) is 0. The smallest absolute Gasteiger partial charge is 0.310 e. The Labute approximate surface area is 109 Å². The minimum absolute atomic E-state index is 0.0573. The normalized spacial score (nSPS) is 44.6. The van der Waals surface area contributed by atoms with Crippen molar-refractivity contribution >= 4 is 5.97 Å². The molecule has 0 spiro atoms. The summed E-state index contributed by atoms with van der Waals surface area (Å²) >= 11 is 0. The van der Waals surface area contributed by atoms with Gasteiger partial charge >= 0.3 is 5.97 Å². The van der Waals surface area contributed by atoms with E-state index < -0.39 is 11.4 Å². The van der Waals surface area contributed by atoms with E-state index >= 15 is 0 Å². The summed E-state index contributed by atoms with van der Waals surface area (Å²) in [4.78, 5) is 11.9. The molecule has 2 heteroatoms. The molecular formula is C16H24O2. The van der Waals surface area contributed by atoms with Crippen molar-refractivity contribution in [3.63, 3.8) is 0 Å². The molecule has 0 aliphatic heterocycles. The summed E-state index contributed by atoms with van der Waals surface area (Å²) in [5.74, 6) is 1.81. The molecular weight excluding hydrogens is 224 g/mol. The number of carbonyl (C=O) groups is 1. The molecule has 4 aliphatic carbocycles. The highest BCUT2D eigenvalue weighted by Gasteiger charge is 2.60. The van der Waals surface area contributed by atoms with Gasteiger partial charge < -0.3 is 5.11 Å². The van der Waals surface area contributed by atoms with Crippen molar-refractivity contribution in [2.75, 3.05) is 0 Å². The Hall–Kier alpha value is -0.790. The lowest BCUT2D eigenvalue weighted by Gasteiger charge is -2.61. The first-order chi connectivity index (χ1) is 8.49. The molecule has 1 N–H and O–H groups in total. The molecule has 100 valence electrons. The first-order valence-corrected chi connectivity index (χ1v) is 7.33. The molecule has 0 saturated heterocycles. The Kier molecular flexibility index (Phi) is 2.62. The zero-order valence-corrected chi connectivity index (χ0v) is 11.3. The topological polar surface area (TPSA) is 37.3 Å². The Morgan fingerprint density at radius 3 is 2.06 bits per heavy atom. The van der Waals surface area contributed by atoms with Crippen molar-refractivity contribution in [2.45, 2.75) is 51.9 Å². The fraction of sp³-hybridized carbons (Fsp3) is 0.812. The molecule has 2 nitrogen and oxygen atoms in total. The Morgan fingerprint density at radius 2 is 1.72 bits per heavy atom. The molecule has 1 unspecified atom stereocenters. The van der Waals surface area contributed by atoms with Crippen molar-refractivity contribution in [1.82, 2.24) is 0 Å². The van der Waals surface area contributed by atoms with Gasteiger partial charge in [0.15, 0.2) is 0 Å². The molecule has 0 aromatic carbocycles. The highest BCUT2D eigenvalue weighted by molar-refractivity contribution is 5.75. The van der Waals surface area contributed by atoms with Crippen molar-refractivity contribution in [2.24, 2.45) is 28.6 Å². The summed E-state index contributed by atoms with van der Waals surface area (Å²) in [6.45, 7) is 5.77. The molecule has 4 saturated carbocycles. The summed E-state index contributed by atoms with van der Waals surface area (Å²) in [6, 6.07) is 0. The quantitative estimate of drug-likeness (QED) is 0.767. The average molecular weight is 248 g/mol. The SMILES string of the molecule is C=CCC(C)(C(=O)O)C12CC3CC(CC(C3)C1)C2. The number of allylic oxidation sites excluding steroid dienone is 1. The van der Waals surface area contributed by atoms with E-state index in [9.17, 15) is 9.90 Å². The van der Waals surface area contributed by atoms with E-state index in [1.54, 1.807) is 0 Å². The molecule has 0 radical (unpaired) electrons. The van der Waals surface area contributed by atoms with E-state index in [0.717, 1.165) is 37.0 Å². The first kappa shape index (κ1) is 12.3. The van der Waals surface area contributed by atoms with Gasteiger partial charge in [0.2, 0.25) is 0 Å². The lowest BCUT2D eigenvalue weighted by molar-refractivity contribution is -0.175. The number of carboxylic acid groups (broad SMARTS) is 1. The van der Waals surface area contributed by atoms with Crippen LogP contribution in [-0.4, -0.2) is 11.1 Å². The summed E-state index contributed by atoms with van der Waals surface area (Å²) in [5.41, 5.74) is -0.535. The number of aliphatic carboxylic acids is 1. The van der Waals surface area contributed by atoms with E-state index in [0.29, 0.717) is 6.42 Å². The van der Waals surface area contributed by atoms with E-state index in [1.807, 2.05) is 13.0 Å². The van der Waals surface area contributed by atoms with Gasteiger partial charge in [0, 0.05) is 0 Å². The maximum atomic E-state index is 11.9. The van der Waals surface area contributed by atoms with Gasteiger partial charge in [-0.15, -0.1) is 6.58 Å². The van der Waals surface area contributed by atoms with Crippen LogP contribution in [0.25, 0.3) is 0 Å².